The van der Waals surface area contributed by atoms with Crippen LogP contribution in [0.3, 0.4) is 0 Å². The summed E-state index contributed by atoms with van der Waals surface area (Å²) < 4.78 is 9.30. The highest BCUT2D eigenvalue weighted by molar-refractivity contribution is 5.94. The van der Waals surface area contributed by atoms with Crippen LogP contribution in [0.5, 0.6) is 5.75 Å². The molecule has 0 heterocycles. The number of carboxylic acid groups (broad SMARTS) is 1. The first-order valence-corrected chi connectivity index (χ1v) is 4.07. The minimum atomic E-state index is -1.38. The standard InChI is InChI=1S/C10H10O5/c1-14-8-4-6(9(11)12)3-7(5-8)10(13)15-2/h3-5H,1-2H3,(H,11,12)/p-1. The molecule has 0 radical (unpaired) electrons. The van der Waals surface area contributed by atoms with E-state index in [0.29, 0.717) is 0 Å². The van der Waals surface area contributed by atoms with Gasteiger partial charge in [0, 0.05) is 5.56 Å². The Morgan fingerprint density at radius 3 is 2.20 bits per heavy atom. The fourth-order valence-corrected chi connectivity index (χ4v) is 1.07. The molecule has 1 aromatic rings. The molecule has 0 saturated heterocycles. The predicted octanol–water partition coefficient (Wildman–Crippen LogP) is -0.155. The molecule has 1 aromatic carbocycles. The van der Waals surface area contributed by atoms with Crippen molar-refractivity contribution in [1.82, 2.24) is 0 Å². The average Bonchev–Trinajstić information content (AvgIpc) is 2.27. The number of esters is 1. The molecular weight excluding hydrogens is 200 g/mol. The lowest BCUT2D eigenvalue weighted by Crippen LogP contribution is -2.22. The summed E-state index contributed by atoms with van der Waals surface area (Å²) in [6.07, 6.45) is 0. The molecule has 0 spiro atoms. The molecule has 1 rings (SSSR count). The van der Waals surface area contributed by atoms with Gasteiger partial charge in [0.05, 0.1) is 25.8 Å². The monoisotopic (exact) mass is 209 g/mol. The number of methoxy groups -OCH3 is 2. The van der Waals surface area contributed by atoms with E-state index in [1.807, 2.05) is 0 Å². The third-order valence-electron chi connectivity index (χ3n) is 1.80. The number of hydrogen-bond donors (Lipinski definition) is 0. The topological polar surface area (TPSA) is 75.7 Å². The van der Waals surface area contributed by atoms with Gasteiger partial charge in [0.15, 0.2) is 0 Å². The third-order valence-corrected chi connectivity index (χ3v) is 1.80. The minimum absolute atomic E-state index is 0.107. The largest absolute Gasteiger partial charge is 0.545 e. The van der Waals surface area contributed by atoms with E-state index in [4.69, 9.17) is 4.74 Å². The van der Waals surface area contributed by atoms with Crippen molar-refractivity contribution in [2.24, 2.45) is 0 Å². The second kappa shape index (κ2) is 4.45. The first kappa shape index (κ1) is 11.0. The van der Waals surface area contributed by atoms with Crippen molar-refractivity contribution < 1.29 is 24.2 Å². The van der Waals surface area contributed by atoms with Crippen molar-refractivity contribution >= 4 is 11.9 Å². The van der Waals surface area contributed by atoms with Crippen molar-refractivity contribution in [3.63, 3.8) is 0 Å². The molecule has 0 unspecified atom stereocenters. The summed E-state index contributed by atoms with van der Waals surface area (Å²) in [6.45, 7) is 0. The van der Waals surface area contributed by atoms with Gasteiger partial charge in [0.25, 0.3) is 0 Å². The molecule has 0 N–H and O–H groups in total. The van der Waals surface area contributed by atoms with Crippen LogP contribution in [0.25, 0.3) is 0 Å². The van der Waals surface area contributed by atoms with Gasteiger partial charge in [-0.2, -0.15) is 0 Å². The molecule has 0 saturated carbocycles. The fourth-order valence-electron chi connectivity index (χ4n) is 1.07. The molecule has 5 nitrogen and oxygen atoms in total. The maximum Gasteiger partial charge on any atom is 0.338 e. The van der Waals surface area contributed by atoms with Gasteiger partial charge < -0.3 is 19.4 Å². The van der Waals surface area contributed by atoms with Gasteiger partial charge in [-0.1, -0.05) is 0 Å². The second-order valence-electron chi connectivity index (χ2n) is 2.73. The number of hydrogen-bond acceptors (Lipinski definition) is 5. The van der Waals surface area contributed by atoms with Gasteiger partial charge in [-0.25, -0.2) is 4.79 Å². The van der Waals surface area contributed by atoms with Crippen LogP contribution in [0.15, 0.2) is 18.2 Å². The van der Waals surface area contributed by atoms with Crippen LogP contribution >= 0.6 is 0 Å². The molecule has 5 heteroatoms. The maximum atomic E-state index is 11.2. The molecular formula is C10H9O5-. The van der Waals surface area contributed by atoms with E-state index in [1.54, 1.807) is 0 Å². The summed E-state index contributed by atoms with van der Waals surface area (Å²) in [5.74, 6) is -1.74. The quantitative estimate of drug-likeness (QED) is 0.647. The van der Waals surface area contributed by atoms with Crippen LogP contribution in [0.4, 0.5) is 0 Å². The predicted molar refractivity (Wildman–Crippen MR) is 48.7 cm³/mol. The average molecular weight is 209 g/mol. The number of carboxylic acids is 1. The molecule has 0 aromatic heterocycles. The fraction of sp³-hybridized carbons (Fsp3) is 0.200. The normalized spacial score (nSPS) is 9.47. The molecule has 0 fully saturated rings. The van der Waals surface area contributed by atoms with Gasteiger partial charge in [-0.05, 0) is 18.2 Å². The Balaban J connectivity index is 3.23. The van der Waals surface area contributed by atoms with Crippen molar-refractivity contribution in [2.45, 2.75) is 0 Å². The van der Waals surface area contributed by atoms with E-state index in [1.165, 1.54) is 32.4 Å². The number of carbonyl (C=O) groups excluding carboxylic acids is 2. The van der Waals surface area contributed by atoms with Gasteiger partial charge >= 0.3 is 5.97 Å². The molecule has 0 aliphatic heterocycles. The maximum absolute atomic E-state index is 11.2. The first-order valence-electron chi connectivity index (χ1n) is 4.07. The summed E-state index contributed by atoms with van der Waals surface area (Å²) in [7, 11) is 2.58. The molecule has 0 amide bonds. The van der Waals surface area contributed by atoms with Crippen molar-refractivity contribution in [3.8, 4) is 5.75 Å². The van der Waals surface area contributed by atoms with Gasteiger partial charge in [0.1, 0.15) is 5.75 Å². The summed E-state index contributed by atoms with van der Waals surface area (Å²) in [5.41, 5.74) is -0.0224. The van der Waals surface area contributed by atoms with E-state index in [2.05, 4.69) is 4.74 Å². The Morgan fingerprint density at radius 2 is 1.73 bits per heavy atom. The lowest BCUT2D eigenvalue weighted by atomic mass is 10.1. The lowest BCUT2D eigenvalue weighted by Gasteiger charge is -2.08. The molecule has 80 valence electrons. The molecule has 0 bridgehead atoms. The number of carbonyl (C=O) groups is 2. The highest BCUT2D eigenvalue weighted by atomic mass is 16.5. The van der Waals surface area contributed by atoms with Crippen molar-refractivity contribution in [2.75, 3.05) is 14.2 Å². The smallest absolute Gasteiger partial charge is 0.338 e. The summed E-state index contributed by atoms with van der Waals surface area (Å²) in [5, 5.41) is 10.6. The molecule has 0 atom stereocenters. The first-order chi connectivity index (χ1) is 7.08. The molecule has 0 aliphatic rings. The zero-order chi connectivity index (χ0) is 11.4. The zero-order valence-corrected chi connectivity index (χ0v) is 8.27. The Labute approximate surface area is 86.2 Å². The SMILES string of the molecule is COC(=O)c1cc(OC)cc(C(=O)[O-])c1. The van der Waals surface area contributed by atoms with Gasteiger partial charge in [-0.3, -0.25) is 0 Å². The van der Waals surface area contributed by atoms with E-state index in [-0.39, 0.29) is 16.9 Å². The third kappa shape index (κ3) is 2.46. The summed E-state index contributed by atoms with van der Waals surface area (Å²) >= 11 is 0. The van der Waals surface area contributed by atoms with E-state index in [9.17, 15) is 14.7 Å². The van der Waals surface area contributed by atoms with Gasteiger partial charge in [-0.15, -0.1) is 0 Å². The van der Waals surface area contributed by atoms with Crippen LogP contribution in [-0.2, 0) is 4.74 Å². The second-order valence-corrected chi connectivity index (χ2v) is 2.73. The van der Waals surface area contributed by atoms with Crippen LogP contribution in [0, 0.1) is 0 Å². The van der Waals surface area contributed by atoms with E-state index < -0.39 is 11.9 Å². The van der Waals surface area contributed by atoms with Crippen LogP contribution < -0.4 is 9.84 Å². The van der Waals surface area contributed by atoms with E-state index in [0.717, 1.165) is 0 Å². The number of benzene rings is 1. The van der Waals surface area contributed by atoms with Crippen LogP contribution in [0.1, 0.15) is 20.7 Å². The number of aromatic carboxylic acids is 1. The van der Waals surface area contributed by atoms with E-state index >= 15 is 0 Å². The van der Waals surface area contributed by atoms with Crippen molar-refractivity contribution in [1.29, 1.82) is 0 Å². The Kier molecular flexibility index (Phi) is 3.28. The van der Waals surface area contributed by atoms with Crippen molar-refractivity contribution in [3.05, 3.63) is 29.3 Å². The van der Waals surface area contributed by atoms with Crippen LogP contribution in [-0.4, -0.2) is 26.2 Å². The Hall–Kier alpha value is -2.04. The number of rotatable bonds is 3. The highest BCUT2D eigenvalue weighted by Gasteiger charge is 2.09. The summed E-state index contributed by atoms with van der Waals surface area (Å²) in [6, 6.07) is 3.82. The molecule has 0 aliphatic carbocycles. The summed E-state index contributed by atoms with van der Waals surface area (Å²) in [4.78, 5) is 21.8. The zero-order valence-electron chi connectivity index (χ0n) is 8.27. The number of ether oxygens (including phenoxy) is 2. The Morgan fingerprint density at radius 1 is 1.13 bits per heavy atom. The van der Waals surface area contributed by atoms with Gasteiger partial charge in [0.2, 0.25) is 0 Å². The highest BCUT2D eigenvalue weighted by Crippen LogP contribution is 2.17. The van der Waals surface area contributed by atoms with Crippen LogP contribution in [0.2, 0.25) is 0 Å². The lowest BCUT2D eigenvalue weighted by molar-refractivity contribution is -0.255. The molecule has 15 heavy (non-hydrogen) atoms. The minimum Gasteiger partial charge on any atom is -0.545 e. The Bertz CT molecular complexity index is 397.